The lowest BCUT2D eigenvalue weighted by molar-refractivity contribution is -0.125. The van der Waals surface area contributed by atoms with Crippen LogP contribution in [0.25, 0.3) is 0 Å². The van der Waals surface area contributed by atoms with Gasteiger partial charge in [-0.15, -0.1) is 0 Å². The molecule has 0 spiro atoms. The summed E-state index contributed by atoms with van der Waals surface area (Å²) in [5.41, 5.74) is -0.564. The molecule has 1 saturated heterocycles. The highest BCUT2D eigenvalue weighted by molar-refractivity contribution is 6.74. The summed E-state index contributed by atoms with van der Waals surface area (Å²) < 4.78 is 11.5. The summed E-state index contributed by atoms with van der Waals surface area (Å²) in [5.74, 6) is -0.149. The molecule has 0 bridgehead atoms. The maximum atomic E-state index is 12.2. The Labute approximate surface area is 147 Å². The number of hydrogen-bond donors (Lipinski definition) is 1. The second-order valence-corrected chi connectivity index (χ2v) is 13.8. The van der Waals surface area contributed by atoms with E-state index in [9.17, 15) is 9.59 Å². The lowest BCUT2D eigenvalue weighted by Crippen LogP contribution is -2.57. The van der Waals surface area contributed by atoms with Crippen LogP contribution in [0.4, 0.5) is 4.79 Å². The van der Waals surface area contributed by atoms with Gasteiger partial charge in [0.25, 0.3) is 0 Å². The van der Waals surface area contributed by atoms with E-state index in [4.69, 9.17) is 9.16 Å². The van der Waals surface area contributed by atoms with Crippen molar-refractivity contribution >= 4 is 20.3 Å². The van der Waals surface area contributed by atoms with Gasteiger partial charge in [-0.3, -0.25) is 9.69 Å². The highest BCUT2D eigenvalue weighted by Crippen LogP contribution is 2.36. The van der Waals surface area contributed by atoms with Crippen LogP contribution in [0.5, 0.6) is 0 Å². The molecule has 1 aliphatic rings. The molecule has 0 saturated carbocycles. The van der Waals surface area contributed by atoms with Gasteiger partial charge < -0.3 is 14.5 Å². The predicted octanol–water partition coefficient (Wildman–Crippen LogP) is 3.13. The quantitative estimate of drug-likeness (QED) is 0.784. The molecule has 1 N–H and O–H groups in total. The average molecular weight is 359 g/mol. The lowest BCUT2D eigenvalue weighted by atomic mass is 10.1. The van der Waals surface area contributed by atoms with Crippen molar-refractivity contribution in [3.8, 4) is 0 Å². The number of nitrogens with one attached hydrogen (secondary N) is 1. The van der Waals surface area contributed by atoms with Crippen LogP contribution in [-0.2, 0) is 14.0 Å². The van der Waals surface area contributed by atoms with Crippen LogP contribution in [0.1, 0.15) is 48.0 Å². The number of hydrogen-bond acceptors (Lipinski definition) is 4. The number of rotatable bonds is 4. The van der Waals surface area contributed by atoms with Crippen molar-refractivity contribution < 1.29 is 18.8 Å². The first-order valence-corrected chi connectivity index (χ1v) is 11.5. The summed E-state index contributed by atoms with van der Waals surface area (Å²) >= 11 is 0. The number of amides is 2. The van der Waals surface area contributed by atoms with Gasteiger partial charge in [0.1, 0.15) is 12.1 Å². The molecule has 0 unspecified atom stereocenters. The summed E-state index contributed by atoms with van der Waals surface area (Å²) in [4.78, 5) is 25.5. The second kappa shape index (κ2) is 7.43. The maximum Gasteiger partial charge on any atom is 0.410 e. The van der Waals surface area contributed by atoms with E-state index in [0.29, 0.717) is 19.6 Å². The largest absolute Gasteiger partial charge is 0.444 e. The average Bonchev–Trinajstić information content (AvgIpc) is 2.34. The minimum atomic E-state index is -1.79. The van der Waals surface area contributed by atoms with Gasteiger partial charge in [-0.2, -0.15) is 0 Å². The molecular weight excluding hydrogens is 324 g/mol. The van der Waals surface area contributed by atoms with Crippen LogP contribution in [0.15, 0.2) is 0 Å². The van der Waals surface area contributed by atoms with Crippen LogP contribution in [0.2, 0.25) is 18.1 Å². The lowest BCUT2D eigenvalue weighted by Gasteiger charge is -2.37. The third kappa shape index (κ3) is 6.43. The van der Waals surface area contributed by atoms with E-state index in [1.807, 2.05) is 20.8 Å². The standard InChI is InChI=1S/C17H34N2O4Si/c1-16(2,3)23-15(21)19-11-13(18-14(20)12-19)9-10-22-24(7,8)17(4,5)6/h13H,9-12H2,1-8H3,(H,18,20)/t13-/m0/s1. The molecule has 140 valence electrons. The fourth-order valence-corrected chi connectivity index (χ4v) is 3.19. The molecule has 0 aromatic rings. The summed E-state index contributed by atoms with van der Waals surface area (Å²) in [6.07, 6.45) is 0.255. The summed E-state index contributed by atoms with van der Waals surface area (Å²) in [7, 11) is -1.79. The van der Waals surface area contributed by atoms with Gasteiger partial charge in [0.15, 0.2) is 8.32 Å². The number of carbonyl (C=O) groups is 2. The van der Waals surface area contributed by atoms with E-state index in [0.717, 1.165) is 0 Å². The third-order valence-electron chi connectivity index (χ3n) is 4.53. The van der Waals surface area contributed by atoms with Crippen LogP contribution >= 0.6 is 0 Å². The zero-order valence-electron chi connectivity index (χ0n) is 16.5. The zero-order valence-corrected chi connectivity index (χ0v) is 17.5. The molecule has 1 aliphatic heterocycles. The first kappa shape index (κ1) is 21.0. The topological polar surface area (TPSA) is 67.9 Å². The SMILES string of the molecule is CC(C)(C)OC(=O)N1CC(=O)N[C@@H](CCO[Si](C)(C)C(C)(C)C)C1. The van der Waals surface area contributed by atoms with E-state index in [1.165, 1.54) is 4.90 Å². The summed E-state index contributed by atoms with van der Waals surface area (Å²) in [6, 6.07) is -0.0939. The number of carbonyl (C=O) groups excluding carboxylic acids is 2. The van der Waals surface area contributed by atoms with Crippen molar-refractivity contribution in [3.63, 3.8) is 0 Å². The molecule has 6 nitrogen and oxygen atoms in total. The molecule has 0 aromatic heterocycles. The maximum absolute atomic E-state index is 12.2. The molecule has 1 atom stereocenters. The van der Waals surface area contributed by atoms with Crippen molar-refractivity contribution in [3.05, 3.63) is 0 Å². The minimum absolute atomic E-state index is 0.0501. The van der Waals surface area contributed by atoms with Crippen LogP contribution < -0.4 is 5.32 Å². The van der Waals surface area contributed by atoms with E-state index >= 15 is 0 Å². The molecule has 1 fully saturated rings. The van der Waals surface area contributed by atoms with Gasteiger partial charge >= 0.3 is 6.09 Å². The zero-order chi connectivity index (χ0) is 18.8. The Morgan fingerprint density at radius 1 is 1.25 bits per heavy atom. The van der Waals surface area contributed by atoms with E-state index in [2.05, 4.69) is 39.2 Å². The Morgan fingerprint density at radius 3 is 2.33 bits per heavy atom. The second-order valence-electron chi connectivity index (χ2n) is 9.02. The highest BCUT2D eigenvalue weighted by Gasteiger charge is 2.37. The molecule has 1 heterocycles. The van der Waals surface area contributed by atoms with Gasteiger partial charge in [-0.05, 0) is 45.3 Å². The van der Waals surface area contributed by atoms with Crippen LogP contribution in [0, 0.1) is 0 Å². The van der Waals surface area contributed by atoms with Gasteiger partial charge in [0, 0.05) is 19.2 Å². The Balaban J connectivity index is 2.55. The van der Waals surface area contributed by atoms with Gasteiger partial charge in [-0.1, -0.05) is 20.8 Å². The van der Waals surface area contributed by atoms with Crippen molar-refractivity contribution in [2.75, 3.05) is 19.7 Å². The van der Waals surface area contributed by atoms with Crippen molar-refractivity contribution in [1.29, 1.82) is 0 Å². The number of nitrogens with zero attached hydrogens (tertiary/aromatic N) is 1. The molecular formula is C17H34N2O4Si. The van der Waals surface area contributed by atoms with Crippen molar-refractivity contribution in [1.82, 2.24) is 10.2 Å². The predicted molar refractivity (Wildman–Crippen MR) is 97.5 cm³/mol. The van der Waals surface area contributed by atoms with E-state index in [1.54, 1.807) is 0 Å². The molecule has 7 heteroatoms. The minimum Gasteiger partial charge on any atom is -0.444 e. The van der Waals surface area contributed by atoms with E-state index < -0.39 is 20.0 Å². The Hall–Kier alpha value is -1.08. The van der Waals surface area contributed by atoms with Crippen molar-refractivity contribution in [2.45, 2.75) is 77.7 Å². The van der Waals surface area contributed by atoms with Crippen LogP contribution in [0.3, 0.4) is 0 Å². The normalized spacial score (nSPS) is 19.9. The van der Waals surface area contributed by atoms with Crippen LogP contribution in [-0.4, -0.2) is 56.6 Å². The monoisotopic (exact) mass is 358 g/mol. The molecule has 2 amide bonds. The van der Waals surface area contributed by atoms with Gasteiger partial charge in [-0.25, -0.2) is 4.79 Å². The smallest absolute Gasteiger partial charge is 0.410 e. The third-order valence-corrected chi connectivity index (χ3v) is 9.07. The number of ether oxygens (including phenoxy) is 1. The molecule has 0 aliphatic carbocycles. The Morgan fingerprint density at radius 2 is 1.83 bits per heavy atom. The summed E-state index contributed by atoms with van der Waals surface area (Å²) in [5, 5.41) is 3.09. The fraction of sp³-hybridized carbons (Fsp3) is 0.882. The van der Waals surface area contributed by atoms with Gasteiger partial charge in [0.05, 0.1) is 0 Å². The Kier molecular flexibility index (Phi) is 6.49. The van der Waals surface area contributed by atoms with Crippen molar-refractivity contribution in [2.24, 2.45) is 0 Å². The molecule has 1 rings (SSSR count). The first-order chi connectivity index (χ1) is 10.7. The first-order valence-electron chi connectivity index (χ1n) is 8.62. The molecule has 24 heavy (non-hydrogen) atoms. The summed E-state index contributed by atoms with van der Waals surface area (Å²) in [6.45, 7) is 17.6. The highest BCUT2D eigenvalue weighted by atomic mass is 28.4. The molecule has 0 aromatic carbocycles. The van der Waals surface area contributed by atoms with E-state index in [-0.39, 0.29) is 23.5 Å². The number of piperazine rings is 1. The Bertz CT molecular complexity index is 466. The molecule has 0 radical (unpaired) electrons. The van der Waals surface area contributed by atoms with Gasteiger partial charge in [0.2, 0.25) is 5.91 Å². The fourth-order valence-electron chi connectivity index (χ4n) is 2.12.